The number of rotatable bonds is 4. The molecule has 0 unspecified atom stereocenters. The van der Waals surface area contributed by atoms with Gasteiger partial charge >= 0.3 is 5.97 Å². The van der Waals surface area contributed by atoms with E-state index in [9.17, 15) is 22.4 Å². The first kappa shape index (κ1) is 14.4. The highest BCUT2D eigenvalue weighted by Crippen LogP contribution is 2.29. The lowest BCUT2D eigenvalue weighted by atomic mass is 10.3. The molecule has 2 aromatic rings. The van der Waals surface area contributed by atoms with E-state index in [4.69, 9.17) is 5.11 Å². The molecule has 0 saturated heterocycles. The first-order chi connectivity index (χ1) is 9.40. The number of aromatic carboxylic acids is 1. The highest BCUT2D eigenvalue weighted by Gasteiger charge is 2.19. The van der Waals surface area contributed by atoms with Crippen LogP contribution in [0, 0.1) is 23.3 Å². The van der Waals surface area contributed by atoms with Crippen LogP contribution in [0.3, 0.4) is 0 Å². The fourth-order valence-corrected chi connectivity index (χ4v) is 2.21. The molecular formula is C11H6F4N2O2S. The summed E-state index contributed by atoms with van der Waals surface area (Å²) in [5.74, 6) is -7.47. The van der Waals surface area contributed by atoms with Gasteiger partial charge in [0.05, 0.1) is 10.8 Å². The van der Waals surface area contributed by atoms with Crippen LogP contribution in [0.2, 0.25) is 0 Å². The summed E-state index contributed by atoms with van der Waals surface area (Å²) in [6.45, 7) is 0. The van der Waals surface area contributed by atoms with Gasteiger partial charge in [-0.15, -0.1) is 0 Å². The summed E-state index contributed by atoms with van der Waals surface area (Å²) in [6.07, 6.45) is 1.27. The SMILES string of the molecule is O=C(O)c1ccn(CSc2c(F)c(F)cc(F)c2F)n1. The molecule has 0 fully saturated rings. The maximum atomic E-state index is 13.4. The fraction of sp³-hybridized carbons (Fsp3) is 0.0909. The Morgan fingerprint density at radius 3 is 2.35 bits per heavy atom. The minimum atomic E-state index is -1.50. The fourth-order valence-electron chi connectivity index (χ4n) is 1.36. The molecule has 1 N–H and O–H groups in total. The summed E-state index contributed by atoms with van der Waals surface area (Å²) < 4.78 is 53.7. The molecule has 0 radical (unpaired) electrons. The molecular weight excluding hydrogens is 300 g/mol. The minimum absolute atomic E-state index is 0.116. The Kier molecular flexibility index (Phi) is 3.98. The normalized spacial score (nSPS) is 10.8. The number of hydrogen-bond donors (Lipinski definition) is 1. The van der Waals surface area contributed by atoms with Crippen molar-refractivity contribution >= 4 is 17.7 Å². The second kappa shape index (κ2) is 5.53. The summed E-state index contributed by atoms with van der Waals surface area (Å²) in [4.78, 5) is 9.76. The lowest BCUT2D eigenvalue weighted by Gasteiger charge is -2.06. The molecule has 0 spiro atoms. The summed E-state index contributed by atoms with van der Waals surface area (Å²) in [5.41, 5.74) is -0.253. The largest absolute Gasteiger partial charge is 0.476 e. The first-order valence-electron chi connectivity index (χ1n) is 5.12. The predicted molar refractivity (Wildman–Crippen MR) is 61.3 cm³/mol. The number of carboxylic acid groups (broad SMARTS) is 1. The van der Waals surface area contributed by atoms with Gasteiger partial charge in [-0.1, -0.05) is 11.8 Å². The number of hydrogen-bond acceptors (Lipinski definition) is 3. The van der Waals surface area contributed by atoms with Crippen LogP contribution in [0.1, 0.15) is 10.5 Å². The molecule has 0 bridgehead atoms. The highest BCUT2D eigenvalue weighted by atomic mass is 32.2. The monoisotopic (exact) mass is 306 g/mol. The van der Waals surface area contributed by atoms with Crippen LogP contribution >= 0.6 is 11.8 Å². The van der Waals surface area contributed by atoms with E-state index in [1.54, 1.807) is 0 Å². The Morgan fingerprint density at radius 2 is 1.85 bits per heavy atom. The Labute approximate surface area is 114 Å². The van der Waals surface area contributed by atoms with E-state index in [2.05, 4.69) is 5.10 Å². The molecule has 2 rings (SSSR count). The molecule has 0 aliphatic carbocycles. The van der Waals surface area contributed by atoms with Gasteiger partial charge in [-0.3, -0.25) is 4.68 Å². The third-order valence-electron chi connectivity index (χ3n) is 2.27. The molecule has 0 saturated carbocycles. The van der Waals surface area contributed by atoms with Gasteiger partial charge in [0.15, 0.2) is 29.0 Å². The number of nitrogens with zero attached hydrogens (tertiary/aromatic N) is 2. The van der Waals surface area contributed by atoms with E-state index in [-0.39, 0.29) is 17.6 Å². The molecule has 1 aromatic heterocycles. The van der Waals surface area contributed by atoms with Crippen LogP contribution in [0.15, 0.2) is 23.2 Å². The van der Waals surface area contributed by atoms with Crippen LogP contribution in [-0.2, 0) is 5.88 Å². The lowest BCUT2D eigenvalue weighted by molar-refractivity contribution is 0.0689. The van der Waals surface area contributed by atoms with Gasteiger partial charge in [0.1, 0.15) is 0 Å². The molecule has 20 heavy (non-hydrogen) atoms. The molecule has 9 heteroatoms. The quantitative estimate of drug-likeness (QED) is 0.536. The van der Waals surface area contributed by atoms with Crippen molar-refractivity contribution in [2.24, 2.45) is 0 Å². The number of aromatic nitrogens is 2. The minimum Gasteiger partial charge on any atom is -0.476 e. The van der Waals surface area contributed by atoms with Crippen molar-refractivity contribution in [3.63, 3.8) is 0 Å². The van der Waals surface area contributed by atoms with Gasteiger partial charge in [-0.05, 0) is 6.07 Å². The van der Waals surface area contributed by atoms with Crippen molar-refractivity contribution in [1.82, 2.24) is 9.78 Å². The zero-order valence-electron chi connectivity index (χ0n) is 9.61. The van der Waals surface area contributed by atoms with E-state index in [1.807, 2.05) is 0 Å². The Balaban J connectivity index is 2.20. The smallest absolute Gasteiger partial charge is 0.356 e. The highest BCUT2D eigenvalue weighted by molar-refractivity contribution is 7.98. The topological polar surface area (TPSA) is 55.1 Å². The van der Waals surface area contributed by atoms with Gasteiger partial charge in [-0.2, -0.15) is 5.10 Å². The lowest BCUT2D eigenvalue weighted by Crippen LogP contribution is -2.03. The Hall–Kier alpha value is -2.03. The van der Waals surface area contributed by atoms with Crippen molar-refractivity contribution in [2.45, 2.75) is 10.8 Å². The van der Waals surface area contributed by atoms with Gasteiger partial charge in [0.25, 0.3) is 0 Å². The van der Waals surface area contributed by atoms with E-state index in [1.165, 1.54) is 12.3 Å². The van der Waals surface area contributed by atoms with Crippen molar-refractivity contribution in [1.29, 1.82) is 0 Å². The second-order valence-electron chi connectivity index (χ2n) is 3.62. The number of benzene rings is 1. The van der Waals surface area contributed by atoms with E-state index < -0.39 is 34.1 Å². The molecule has 4 nitrogen and oxygen atoms in total. The number of halogens is 4. The van der Waals surface area contributed by atoms with Crippen molar-refractivity contribution in [3.8, 4) is 0 Å². The molecule has 1 aromatic carbocycles. The standard InChI is InChI=1S/C11H6F4N2O2S/c12-5-3-6(13)9(15)10(8(5)14)20-4-17-2-1-7(16-17)11(18)19/h1-3H,4H2,(H,18,19). The van der Waals surface area contributed by atoms with Gasteiger partial charge < -0.3 is 5.11 Å². The predicted octanol–water partition coefficient (Wildman–Crippen LogP) is 2.89. The average molecular weight is 306 g/mol. The third-order valence-corrected chi connectivity index (χ3v) is 3.31. The Bertz CT molecular complexity index is 648. The number of carbonyl (C=O) groups is 1. The molecule has 1 heterocycles. The maximum absolute atomic E-state index is 13.4. The van der Waals surface area contributed by atoms with E-state index in [0.717, 1.165) is 4.68 Å². The third kappa shape index (κ3) is 2.77. The molecule has 0 aliphatic rings. The maximum Gasteiger partial charge on any atom is 0.356 e. The molecule has 106 valence electrons. The average Bonchev–Trinajstić information content (AvgIpc) is 2.85. The van der Waals surface area contributed by atoms with Gasteiger partial charge in [0.2, 0.25) is 0 Å². The van der Waals surface area contributed by atoms with Gasteiger partial charge in [0, 0.05) is 12.3 Å². The summed E-state index contributed by atoms with van der Waals surface area (Å²) in [7, 11) is 0. The molecule has 0 aliphatic heterocycles. The van der Waals surface area contributed by atoms with Crippen LogP contribution in [0.25, 0.3) is 0 Å². The zero-order valence-corrected chi connectivity index (χ0v) is 10.4. The number of thioether (sulfide) groups is 1. The van der Waals surface area contributed by atoms with Crippen LogP contribution < -0.4 is 0 Å². The van der Waals surface area contributed by atoms with Crippen molar-refractivity contribution in [2.75, 3.05) is 0 Å². The van der Waals surface area contributed by atoms with Crippen LogP contribution in [0.5, 0.6) is 0 Å². The Morgan fingerprint density at radius 1 is 1.25 bits per heavy atom. The van der Waals surface area contributed by atoms with Crippen LogP contribution in [0.4, 0.5) is 17.6 Å². The van der Waals surface area contributed by atoms with E-state index in [0.29, 0.717) is 11.8 Å². The summed E-state index contributed by atoms with van der Waals surface area (Å²) >= 11 is 0.458. The second-order valence-corrected chi connectivity index (χ2v) is 4.57. The number of carboxylic acids is 1. The van der Waals surface area contributed by atoms with Crippen LogP contribution in [-0.4, -0.2) is 20.9 Å². The summed E-state index contributed by atoms with van der Waals surface area (Å²) in [5, 5.41) is 12.2. The van der Waals surface area contributed by atoms with Crippen molar-refractivity contribution in [3.05, 3.63) is 47.3 Å². The molecule has 0 amide bonds. The first-order valence-corrected chi connectivity index (χ1v) is 6.11. The van der Waals surface area contributed by atoms with Crippen molar-refractivity contribution < 1.29 is 27.5 Å². The van der Waals surface area contributed by atoms with E-state index >= 15 is 0 Å². The molecule has 0 atom stereocenters. The summed E-state index contributed by atoms with van der Waals surface area (Å²) in [6, 6.07) is 1.30. The van der Waals surface area contributed by atoms with Gasteiger partial charge in [-0.25, -0.2) is 22.4 Å². The zero-order chi connectivity index (χ0) is 14.9.